The van der Waals surface area contributed by atoms with Crippen LogP contribution in [0.3, 0.4) is 0 Å². The zero-order valence-corrected chi connectivity index (χ0v) is 21.7. The zero-order valence-electron chi connectivity index (χ0n) is 20.9. The number of benzene rings is 1. The third-order valence-electron chi connectivity index (χ3n) is 7.01. The summed E-state index contributed by atoms with van der Waals surface area (Å²) in [7, 11) is -4.09. The lowest BCUT2D eigenvalue weighted by molar-refractivity contribution is -0.139. The number of aliphatic carboxylic acids is 1. The predicted molar refractivity (Wildman–Crippen MR) is 136 cm³/mol. The summed E-state index contributed by atoms with van der Waals surface area (Å²) in [4.78, 5) is 29.2. The molecule has 1 aliphatic carbocycles. The van der Waals surface area contributed by atoms with E-state index < -0.39 is 22.0 Å². The van der Waals surface area contributed by atoms with Gasteiger partial charge in [0.15, 0.2) is 0 Å². The van der Waals surface area contributed by atoms with Gasteiger partial charge in [0.05, 0.1) is 4.90 Å². The lowest BCUT2D eigenvalue weighted by Crippen LogP contribution is -2.50. The number of sulfonamides is 1. The van der Waals surface area contributed by atoms with E-state index in [1.807, 2.05) is 6.92 Å². The fraction of sp³-hybridized carbons (Fsp3) is 0.500. The van der Waals surface area contributed by atoms with Crippen LogP contribution in [0.4, 0.5) is 5.82 Å². The van der Waals surface area contributed by atoms with Crippen molar-refractivity contribution in [3.63, 3.8) is 0 Å². The number of nitrogens with zero attached hydrogens (tertiary/aromatic N) is 1. The Morgan fingerprint density at radius 1 is 1.17 bits per heavy atom. The lowest BCUT2D eigenvalue weighted by atomic mass is 9.72. The molecule has 9 nitrogen and oxygen atoms in total. The van der Waals surface area contributed by atoms with E-state index in [1.165, 1.54) is 5.56 Å². The number of carboxylic acid groups (broad SMARTS) is 1. The topological polar surface area (TPSA) is 137 Å². The Balaban J connectivity index is 1.29. The van der Waals surface area contributed by atoms with E-state index in [-0.39, 0.29) is 23.3 Å². The van der Waals surface area contributed by atoms with Crippen LogP contribution >= 0.6 is 0 Å². The van der Waals surface area contributed by atoms with Crippen molar-refractivity contribution >= 4 is 27.7 Å². The number of amides is 1. The molecule has 0 bridgehead atoms. The second-order valence-corrected chi connectivity index (χ2v) is 11.7. The highest BCUT2D eigenvalue weighted by atomic mass is 32.2. The molecular weight excluding hydrogens is 480 g/mol. The Labute approximate surface area is 212 Å². The largest absolute Gasteiger partial charge is 0.480 e. The number of carbonyl (C=O) groups excluding carboxylic acids is 1. The van der Waals surface area contributed by atoms with E-state index in [1.54, 1.807) is 26.0 Å². The lowest BCUT2D eigenvalue weighted by Gasteiger charge is -2.34. The maximum absolute atomic E-state index is 13.0. The SMILES string of the molecule is Cc1cc(C)c(S(=O)(=O)N[C@@H](CNC(=O)C2CC(Cc3ccc4c(n3)NCCC4)C2)C(=O)O)c(C)c1. The summed E-state index contributed by atoms with van der Waals surface area (Å²) >= 11 is 0. The molecule has 0 saturated heterocycles. The van der Waals surface area contributed by atoms with Gasteiger partial charge < -0.3 is 15.7 Å². The molecule has 10 heteroatoms. The number of aromatic nitrogens is 1. The number of pyridine rings is 1. The number of hydrogen-bond donors (Lipinski definition) is 4. The molecule has 1 saturated carbocycles. The number of aryl methyl sites for hydroxylation is 4. The number of carboxylic acids is 1. The van der Waals surface area contributed by atoms with Gasteiger partial charge in [0.2, 0.25) is 15.9 Å². The Kier molecular flexibility index (Phi) is 7.65. The minimum atomic E-state index is -4.09. The molecule has 194 valence electrons. The summed E-state index contributed by atoms with van der Waals surface area (Å²) in [6.45, 7) is 5.83. The first-order valence-electron chi connectivity index (χ1n) is 12.4. The van der Waals surface area contributed by atoms with Gasteiger partial charge in [-0.3, -0.25) is 9.59 Å². The van der Waals surface area contributed by atoms with Crippen LogP contribution in [0.1, 0.15) is 47.2 Å². The molecular formula is C26H34N4O5S. The maximum atomic E-state index is 13.0. The van der Waals surface area contributed by atoms with Gasteiger partial charge in [-0.2, -0.15) is 4.72 Å². The fourth-order valence-corrected chi connectivity index (χ4v) is 6.90. The van der Waals surface area contributed by atoms with Gasteiger partial charge in [-0.15, -0.1) is 0 Å². The average molecular weight is 515 g/mol. The van der Waals surface area contributed by atoms with E-state index in [0.717, 1.165) is 42.9 Å². The third-order valence-corrected chi connectivity index (χ3v) is 8.78. The maximum Gasteiger partial charge on any atom is 0.323 e. The molecule has 1 atom stereocenters. The smallest absolute Gasteiger partial charge is 0.323 e. The standard InChI is InChI=1S/C26H34N4O5S/c1-15-9-16(2)23(17(3)10-15)36(34,35)30-22(26(32)33)14-28-25(31)20-11-18(12-20)13-21-7-6-19-5-4-8-27-24(19)29-21/h6-7,9-10,18,20,22,30H,4-5,8,11-14H2,1-3H3,(H,27,29)(H,28,31)(H,32,33)/t18?,20?,22-/m0/s1. The van der Waals surface area contributed by atoms with E-state index in [9.17, 15) is 23.1 Å². The molecule has 36 heavy (non-hydrogen) atoms. The monoisotopic (exact) mass is 514 g/mol. The first-order valence-corrected chi connectivity index (χ1v) is 13.8. The molecule has 4 N–H and O–H groups in total. The Bertz CT molecular complexity index is 1250. The van der Waals surface area contributed by atoms with Crippen molar-refractivity contribution in [2.45, 2.75) is 63.8 Å². The minimum absolute atomic E-state index is 0.0681. The Morgan fingerprint density at radius 2 is 1.86 bits per heavy atom. The van der Waals surface area contributed by atoms with Gasteiger partial charge in [0.25, 0.3) is 0 Å². The van der Waals surface area contributed by atoms with Crippen LogP contribution in [-0.2, 0) is 32.5 Å². The molecule has 0 spiro atoms. The van der Waals surface area contributed by atoms with E-state index in [2.05, 4.69) is 27.5 Å². The number of rotatable bonds is 9. The summed E-state index contributed by atoms with van der Waals surface area (Å²) < 4.78 is 28.2. The minimum Gasteiger partial charge on any atom is -0.480 e. The highest BCUT2D eigenvalue weighted by Crippen LogP contribution is 2.36. The van der Waals surface area contributed by atoms with Crippen LogP contribution in [0.5, 0.6) is 0 Å². The van der Waals surface area contributed by atoms with Gasteiger partial charge in [0, 0.05) is 24.7 Å². The highest BCUT2D eigenvalue weighted by molar-refractivity contribution is 7.89. The van der Waals surface area contributed by atoms with Gasteiger partial charge >= 0.3 is 5.97 Å². The van der Waals surface area contributed by atoms with Gasteiger partial charge in [-0.25, -0.2) is 13.4 Å². The average Bonchev–Trinajstić information content (AvgIpc) is 2.77. The number of anilines is 1. The summed E-state index contributed by atoms with van der Waals surface area (Å²) in [6.07, 6.45) is 4.35. The third kappa shape index (κ3) is 5.87. The molecule has 0 radical (unpaired) electrons. The molecule has 2 aromatic rings. The van der Waals surface area contributed by atoms with Crippen LogP contribution in [0.15, 0.2) is 29.2 Å². The second-order valence-electron chi connectivity index (χ2n) is 10.1. The van der Waals surface area contributed by atoms with Crippen molar-refractivity contribution < 1.29 is 23.1 Å². The van der Waals surface area contributed by atoms with Crippen LogP contribution in [0.2, 0.25) is 0 Å². The quantitative estimate of drug-likeness (QED) is 0.403. The normalized spacial score (nSPS) is 20.0. The molecule has 1 aromatic carbocycles. The van der Waals surface area contributed by atoms with Crippen LogP contribution in [-0.4, -0.2) is 49.5 Å². The molecule has 1 fully saturated rings. The van der Waals surface area contributed by atoms with Gasteiger partial charge in [-0.05, 0) is 81.5 Å². The summed E-state index contributed by atoms with van der Waals surface area (Å²) in [5.74, 6) is -0.501. The molecule has 1 amide bonds. The fourth-order valence-electron chi connectivity index (χ4n) is 5.26. The molecule has 4 rings (SSSR count). The molecule has 1 aromatic heterocycles. The number of fused-ring (bicyclic) bond motifs is 1. The van der Waals surface area contributed by atoms with E-state index in [0.29, 0.717) is 29.9 Å². The summed E-state index contributed by atoms with van der Waals surface area (Å²) in [6, 6.07) is 6.19. The molecule has 2 aliphatic rings. The van der Waals surface area contributed by atoms with Crippen molar-refractivity contribution in [3.8, 4) is 0 Å². The number of carbonyl (C=O) groups is 2. The summed E-state index contributed by atoms with van der Waals surface area (Å²) in [5, 5.41) is 15.6. The van der Waals surface area contributed by atoms with Crippen molar-refractivity contribution in [1.29, 1.82) is 0 Å². The van der Waals surface area contributed by atoms with Crippen LogP contribution in [0.25, 0.3) is 0 Å². The second kappa shape index (κ2) is 10.6. The first kappa shape index (κ1) is 26.1. The Morgan fingerprint density at radius 3 is 2.53 bits per heavy atom. The molecule has 1 aliphatic heterocycles. The zero-order chi connectivity index (χ0) is 26.0. The van der Waals surface area contributed by atoms with E-state index in [4.69, 9.17) is 4.98 Å². The summed E-state index contributed by atoms with van der Waals surface area (Å²) in [5.41, 5.74) is 4.25. The number of nitrogens with one attached hydrogen (secondary N) is 3. The molecule has 0 unspecified atom stereocenters. The van der Waals surface area contributed by atoms with Crippen molar-refractivity contribution in [3.05, 3.63) is 52.2 Å². The van der Waals surface area contributed by atoms with Crippen molar-refractivity contribution in [1.82, 2.24) is 15.0 Å². The Hall–Kier alpha value is -2.98. The van der Waals surface area contributed by atoms with Gasteiger partial charge in [-0.1, -0.05) is 23.8 Å². The van der Waals surface area contributed by atoms with Crippen molar-refractivity contribution in [2.24, 2.45) is 11.8 Å². The van der Waals surface area contributed by atoms with Crippen LogP contribution < -0.4 is 15.4 Å². The molecule has 2 heterocycles. The van der Waals surface area contributed by atoms with Crippen LogP contribution in [0, 0.1) is 32.6 Å². The predicted octanol–water partition coefficient (Wildman–Crippen LogP) is 2.48. The van der Waals surface area contributed by atoms with E-state index >= 15 is 0 Å². The van der Waals surface area contributed by atoms with Gasteiger partial charge in [0.1, 0.15) is 11.9 Å². The van der Waals surface area contributed by atoms with Crippen molar-refractivity contribution in [2.75, 3.05) is 18.4 Å². The highest BCUT2D eigenvalue weighted by Gasteiger charge is 2.36. The number of hydrogen-bond acceptors (Lipinski definition) is 6. The first-order chi connectivity index (χ1) is 17.0.